The first-order valence-corrected chi connectivity index (χ1v) is 10.9. The van der Waals surface area contributed by atoms with Crippen LogP contribution in [0.3, 0.4) is 0 Å². The second kappa shape index (κ2) is 12.1. The molecule has 0 aliphatic carbocycles. The Morgan fingerprint density at radius 2 is 1.68 bits per heavy atom. The number of phenolic OH excluding ortho intramolecular Hbond substituents is 1. The van der Waals surface area contributed by atoms with Crippen molar-refractivity contribution < 1.29 is 74.1 Å². The summed E-state index contributed by atoms with van der Waals surface area (Å²) in [5, 5.41) is 79.1. The quantitative estimate of drug-likeness (QED) is 0.121. The van der Waals surface area contributed by atoms with Crippen molar-refractivity contribution in [3.8, 4) is 11.5 Å². The molecule has 0 amide bonds. The third kappa shape index (κ3) is 6.35. The number of hydrogen-bond donors (Lipinski definition) is 8. The highest BCUT2D eigenvalue weighted by atomic mass is 16.8. The number of carboxylic acids is 1. The average Bonchev–Trinajstić information content (AvgIpc) is 2.87. The maximum absolute atomic E-state index is 12.5. The van der Waals surface area contributed by atoms with Crippen molar-refractivity contribution in [1.29, 1.82) is 0 Å². The highest BCUT2D eigenvalue weighted by Gasteiger charge is 2.52. The van der Waals surface area contributed by atoms with Gasteiger partial charge in [-0.3, -0.25) is 0 Å². The molecule has 2 aliphatic rings. The lowest BCUT2D eigenvalue weighted by molar-refractivity contribution is -0.358. The van der Waals surface area contributed by atoms with E-state index in [4.69, 9.17) is 23.7 Å². The van der Waals surface area contributed by atoms with Crippen LogP contribution in [0.5, 0.6) is 11.5 Å². The molecule has 10 atom stereocenters. The van der Waals surface area contributed by atoms with Crippen LogP contribution in [0, 0.1) is 0 Å². The first-order valence-electron chi connectivity index (χ1n) is 10.9. The molecule has 0 unspecified atom stereocenters. The van der Waals surface area contributed by atoms with Crippen LogP contribution in [0.2, 0.25) is 0 Å². The number of carboxylic acid groups (broad SMARTS) is 1. The van der Waals surface area contributed by atoms with Gasteiger partial charge >= 0.3 is 11.9 Å². The van der Waals surface area contributed by atoms with E-state index < -0.39 is 80.0 Å². The van der Waals surface area contributed by atoms with E-state index in [0.717, 1.165) is 6.08 Å². The molecule has 15 nitrogen and oxygen atoms in total. The lowest BCUT2D eigenvalue weighted by Gasteiger charge is -2.45. The molecular weight excluding hydrogens is 504 g/mol. The number of ether oxygens (including phenoxy) is 5. The van der Waals surface area contributed by atoms with E-state index in [9.17, 15) is 50.4 Å². The summed E-state index contributed by atoms with van der Waals surface area (Å²) >= 11 is 0. The fraction of sp³-hybridized carbons (Fsp3) is 0.545. The van der Waals surface area contributed by atoms with Crippen LogP contribution < -0.4 is 4.74 Å². The van der Waals surface area contributed by atoms with Crippen molar-refractivity contribution in [3.63, 3.8) is 0 Å². The maximum atomic E-state index is 12.5. The van der Waals surface area contributed by atoms with Gasteiger partial charge in [-0.2, -0.15) is 0 Å². The highest BCUT2D eigenvalue weighted by molar-refractivity contribution is 5.87. The highest BCUT2D eigenvalue weighted by Crippen LogP contribution is 2.30. The minimum atomic E-state index is -2.03. The number of aliphatic hydroxyl groups is 6. The van der Waals surface area contributed by atoms with Gasteiger partial charge in [-0.25, -0.2) is 9.59 Å². The van der Waals surface area contributed by atoms with Gasteiger partial charge in [-0.05, 0) is 23.8 Å². The predicted molar refractivity (Wildman–Crippen MR) is 117 cm³/mol. The Morgan fingerprint density at radius 3 is 2.30 bits per heavy atom. The SMILES string of the molecule is COc1cc(/C=C/C(=O)O[C@@H]2O[C@H](CO)[C@@H](O)[C@H](O)[C@H]2O[C@@H]2O[C@H](C(=O)O)[C@@H](O)[C@H](O)[C@H]2O)ccc1O. The number of esters is 1. The summed E-state index contributed by atoms with van der Waals surface area (Å²) in [4.78, 5) is 23.8. The number of phenols is 1. The molecule has 8 N–H and O–H groups in total. The molecule has 206 valence electrons. The molecule has 0 spiro atoms. The Morgan fingerprint density at radius 1 is 0.973 bits per heavy atom. The molecule has 2 fully saturated rings. The molecule has 15 heteroatoms. The molecular formula is C22H28O15. The topological polar surface area (TPSA) is 242 Å². The number of aliphatic hydroxyl groups excluding tert-OH is 6. The van der Waals surface area contributed by atoms with Crippen molar-refractivity contribution in [1.82, 2.24) is 0 Å². The summed E-state index contributed by atoms with van der Waals surface area (Å²) in [7, 11) is 1.33. The van der Waals surface area contributed by atoms with E-state index >= 15 is 0 Å². The van der Waals surface area contributed by atoms with Crippen molar-refractivity contribution >= 4 is 18.0 Å². The Bertz CT molecular complexity index is 983. The van der Waals surface area contributed by atoms with Crippen molar-refractivity contribution in [2.45, 2.75) is 61.4 Å². The molecule has 1 aromatic carbocycles. The van der Waals surface area contributed by atoms with Crippen LogP contribution in [0.4, 0.5) is 0 Å². The lowest BCUT2D eigenvalue weighted by Crippen LogP contribution is -2.65. The predicted octanol–water partition coefficient (Wildman–Crippen LogP) is -3.33. The average molecular weight is 532 g/mol. The van der Waals surface area contributed by atoms with Gasteiger partial charge in [0.1, 0.15) is 36.6 Å². The van der Waals surface area contributed by atoms with E-state index in [1.165, 1.54) is 31.4 Å². The normalized spacial score (nSPS) is 36.3. The van der Waals surface area contributed by atoms with E-state index in [-0.39, 0.29) is 11.5 Å². The summed E-state index contributed by atoms with van der Waals surface area (Å²) in [6.45, 7) is -0.795. The molecule has 3 rings (SSSR count). The number of carbonyl (C=O) groups is 2. The van der Waals surface area contributed by atoms with Gasteiger partial charge < -0.3 is 64.5 Å². The fourth-order valence-electron chi connectivity index (χ4n) is 3.73. The Kier molecular flexibility index (Phi) is 9.41. The largest absolute Gasteiger partial charge is 0.504 e. The third-order valence-corrected chi connectivity index (χ3v) is 5.78. The third-order valence-electron chi connectivity index (χ3n) is 5.78. The minimum absolute atomic E-state index is 0.129. The summed E-state index contributed by atoms with van der Waals surface area (Å²) in [6.07, 6.45) is -16.5. The molecule has 0 saturated carbocycles. The van der Waals surface area contributed by atoms with Crippen molar-refractivity contribution in [2.24, 2.45) is 0 Å². The summed E-state index contributed by atoms with van der Waals surface area (Å²) in [6, 6.07) is 4.21. The van der Waals surface area contributed by atoms with E-state index in [2.05, 4.69) is 0 Å². The number of aromatic hydroxyl groups is 1. The van der Waals surface area contributed by atoms with E-state index in [1.807, 2.05) is 0 Å². The molecule has 0 radical (unpaired) electrons. The summed E-state index contributed by atoms with van der Waals surface area (Å²) in [5.41, 5.74) is 0.429. The van der Waals surface area contributed by atoms with Crippen LogP contribution in [0.15, 0.2) is 24.3 Å². The van der Waals surface area contributed by atoms with Crippen molar-refractivity contribution in [2.75, 3.05) is 13.7 Å². The van der Waals surface area contributed by atoms with Gasteiger partial charge in [0.2, 0.25) is 6.29 Å². The second-order valence-electron chi connectivity index (χ2n) is 8.24. The van der Waals surface area contributed by atoms with Crippen LogP contribution in [0.1, 0.15) is 5.56 Å². The van der Waals surface area contributed by atoms with Gasteiger partial charge in [0.15, 0.2) is 30.0 Å². The Hall–Kier alpha value is -2.86. The van der Waals surface area contributed by atoms with Gasteiger partial charge in [-0.1, -0.05) is 6.07 Å². The molecule has 0 bridgehead atoms. The number of aliphatic carboxylic acids is 1. The van der Waals surface area contributed by atoms with Crippen LogP contribution in [0.25, 0.3) is 6.08 Å². The number of methoxy groups -OCH3 is 1. The monoisotopic (exact) mass is 532 g/mol. The smallest absolute Gasteiger partial charge is 0.335 e. The molecule has 0 aromatic heterocycles. The zero-order valence-corrected chi connectivity index (χ0v) is 19.3. The molecule has 37 heavy (non-hydrogen) atoms. The number of benzene rings is 1. The summed E-state index contributed by atoms with van der Waals surface area (Å²) in [5.74, 6) is -2.72. The first kappa shape index (κ1) is 28.7. The van der Waals surface area contributed by atoms with E-state index in [0.29, 0.717) is 5.56 Å². The van der Waals surface area contributed by atoms with Crippen molar-refractivity contribution in [3.05, 3.63) is 29.8 Å². The van der Waals surface area contributed by atoms with Crippen LogP contribution in [-0.4, -0.2) is 128 Å². The number of carbonyl (C=O) groups excluding carboxylic acids is 1. The number of hydrogen-bond acceptors (Lipinski definition) is 14. The zero-order chi connectivity index (χ0) is 27.4. The molecule has 1 aromatic rings. The first-order chi connectivity index (χ1) is 17.5. The molecule has 2 aliphatic heterocycles. The maximum Gasteiger partial charge on any atom is 0.335 e. The molecule has 2 saturated heterocycles. The Labute approximate surface area is 209 Å². The van der Waals surface area contributed by atoms with Gasteiger partial charge in [0.05, 0.1) is 13.7 Å². The van der Waals surface area contributed by atoms with Gasteiger partial charge in [-0.15, -0.1) is 0 Å². The van der Waals surface area contributed by atoms with Crippen LogP contribution in [-0.2, 0) is 28.5 Å². The lowest BCUT2D eigenvalue weighted by atomic mass is 9.97. The number of rotatable bonds is 8. The minimum Gasteiger partial charge on any atom is -0.504 e. The second-order valence-corrected chi connectivity index (χ2v) is 8.24. The molecule has 2 heterocycles. The Balaban J connectivity index is 1.78. The van der Waals surface area contributed by atoms with Crippen LogP contribution >= 0.6 is 0 Å². The zero-order valence-electron chi connectivity index (χ0n) is 19.3. The summed E-state index contributed by atoms with van der Waals surface area (Å²) < 4.78 is 25.8. The standard InChI is InChI=1S/C22H28O15/c1-33-10-6-8(2-4-9(10)24)3-5-12(25)35-22-19(15(28)13(26)11(7-23)34-22)37-21-17(30)14(27)16(29)18(36-21)20(31)32/h2-6,11,13-19,21-24,26-30H,7H2,1H3,(H,31,32)/b5-3+/t11-,13-,14+,15+,16+,17-,18+,19-,21+,22+/m1/s1. The fourth-order valence-corrected chi connectivity index (χ4v) is 3.73. The van der Waals surface area contributed by atoms with Gasteiger partial charge in [0, 0.05) is 6.08 Å². The van der Waals surface area contributed by atoms with E-state index in [1.54, 1.807) is 0 Å². The van der Waals surface area contributed by atoms with Gasteiger partial charge in [0.25, 0.3) is 0 Å².